The van der Waals surface area contributed by atoms with Crippen LogP contribution in [0.5, 0.6) is 0 Å². The van der Waals surface area contributed by atoms with Crippen molar-refractivity contribution < 1.29 is 4.79 Å². The van der Waals surface area contributed by atoms with Crippen molar-refractivity contribution in [3.05, 3.63) is 29.8 Å². The van der Waals surface area contributed by atoms with E-state index in [2.05, 4.69) is 36.6 Å². The lowest BCUT2D eigenvalue weighted by molar-refractivity contribution is -0.118. The Morgan fingerprint density at radius 3 is 2.75 bits per heavy atom. The Balaban J connectivity index is 1.93. The van der Waals surface area contributed by atoms with E-state index in [9.17, 15) is 4.79 Å². The fraction of sp³-hybridized carbons (Fsp3) is 0.588. The summed E-state index contributed by atoms with van der Waals surface area (Å²) in [7, 11) is 0. The maximum Gasteiger partial charge on any atom is 0.241 e. The van der Waals surface area contributed by atoms with Gasteiger partial charge in [0, 0.05) is 5.69 Å². The SMILES string of the molecule is CCC(C)c1ccc(NC(=O)C2CCCCCN2)cc1. The molecule has 2 rings (SSSR count). The first-order valence-electron chi connectivity index (χ1n) is 7.85. The highest BCUT2D eigenvalue weighted by molar-refractivity contribution is 5.94. The monoisotopic (exact) mass is 274 g/mol. The lowest BCUT2D eigenvalue weighted by Crippen LogP contribution is -2.39. The summed E-state index contributed by atoms with van der Waals surface area (Å²) in [6, 6.07) is 8.22. The normalized spacial score (nSPS) is 21.0. The van der Waals surface area contributed by atoms with Gasteiger partial charge in [-0.1, -0.05) is 38.8 Å². The molecular formula is C17H26N2O. The number of amides is 1. The molecule has 1 aliphatic rings. The Morgan fingerprint density at radius 1 is 1.30 bits per heavy atom. The van der Waals surface area contributed by atoms with E-state index >= 15 is 0 Å². The Bertz CT molecular complexity index is 419. The molecule has 1 aliphatic heterocycles. The second-order valence-corrected chi connectivity index (χ2v) is 5.78. The van der Waals surface area contributed by atoms with Crippen molar-refractivity contribution in [2.24, 2.45) is 0 Å². The van der Waals surface area contributed by atoms with Crippen molar-refractivity contribution in [2.45, 2.75) is 57.9 Å². The molecule has 1 heterocycles. The molecule has 1 aromatic carbocycles. The highest BCUT2D eigenvalue weighted by Crippen LogP contribution is 2.20. The first kappa shape index (κ1) is 15.0. The van der Waals surface area contributed by atoms with E-state index in [0.29, 0.717) is 5.92 Å². The van der Waals surface area contributed by atoms with Crippen molar-refractivity contribution in [3.8, 4) is 0 Å². The number of hydrogen-bond donors (Lipinski definition) is 2. The van der Waals surface area contributed by atoms with E-state index in [1.165, 1.54) is 18.4 Å². The minimum Gasteiger partial charge on any atom is -0.325 e. The zero-order chi connectivity index (χ0) is 14.4. The van der Waals surface area contributed by atoms with Crippen LogP contribution in [0, 0.1) is 0 Å². The van der Waals surface area contributed by atoms with Gasteiger partial charge < -0.3 is 10.6 Å². The minimum absolute atomic E-state index is 0.0354. The Kier molecular flexibility index (Phi) is 5.60. The van der Waals surface area contributed by atoms with Crippen LogP contribution in [0.2, 0.25) is 0 Å². The average molecular weight is 274 g/mol. The molecular weight excluding hydrogens is 248 g/mol. The summed E-state index contributed by atoms with van der Waals surface area (Å²) < 4.78 is 0. The summed E-state index contributed by atoms with van der Waals surface area (Å²) in [5.74, 6) is 0.673. The van der Waals surface area contributed by atoms with Gasteiger partial charge in [0.25, 0.3) is 0 Å². The molecule has 20 heavy (non-hydrogen) atoms. The third kappa shape index (κ3) is 4.07. The largest absolute Gasteiger partial charge is 0.325 e. The first-order chi connectivity index (χ1) is 9.70. The molecule has 3 nitrogen and oxygen atoms in total. The maximum atomic E-state index is 12.2. The van der Waals surface area contributed by atoms with Crippen LogP contribution in [0.25, 0.3) is 0 Å². The van der Waals surface area contributed by atoms with Gasteiger partial charge in [-0.05, 0) is 49.4 Å². The Labute approximate surface area is 122 Å². The summed E-state index contributed by atoms with van der Waals surface area (Å²) in [6.45, 7) is 5.37. The van der Waals surface area contributed by atoms with Crippen LogP contribution in [-0.4, -0.2) is 18.5 Å². The average Bonchev–Trinajstić information content (AvgIpc) is 2.76. The van der Waals surface area contributed by atoms with E-state index < -0.39 is 0 Å². The zero-order valence-electron chi connectivity index (χ0n) is 12.6. The summed E-state index contributed by atoms with van der Waals surface area (Å²) in [4.78, 5) is 12.2. The number of benzene rings is 1. The fourth-order valence-corrected chi connectivity index (χ4v) is 2.61. The molecule has 1 fully saturated rings. The quantitative estimate of drug-likeness (QED) is 0.879. The topological polar surface area (TPSA) is 41.1 Å². The van der Waals surface area contributed by atoms with E-state index in [0.717, 1.165) is 31.5 Å². The standard InChI is InChI=1S/C17H26N2O/c1-3-13(2)14-8-10-15(11-9-14)19-17(20)16-7-5-4-6-12-18-16/h8-11,13,16,18H,3-7,12H2,1-2H3,(H,19,20). The van der Waals surface area contributed by atoms with E-state index in [4.69, 9.17) is 0 Å². The molecule has 1 saturated heterocycles. The summed E-state index contributed by atoms with van der Waals surface area (Å²) in [5, 5.41) is 6.35. The fourth-order valence-electron chi connectivity index (χ4n) is 2.61. The zero-order valence-corrected chi connectivity index (χ0v) is 12.6. The van der Waals surface area contributed by atoms with Gasteiger partial charge in [0.1, 0.15) is 0 Å². The molecule has 2 N–H and O–H groups in total. The maximum absolute atomic E-state index is 12.2. The Morgan fingerprint density at radius 2 is 2.05 bits per heavy atom. The molecule has 0 spiro atoms. The number of carbonyl (C=O) groups excluding carboxylic acids is 1. The van der Waals surface area contributed by atoms with Crippen LogP contribution in [-0.2, 0) is 4.79 Å². The number of anilines is 1. The molecule has 110 valence electrons. The number of carbonyl (C=O) groups is 1. The van der Waals surface area contributed by atoms with Gasteiger partial charge in [0.2, 0.25) is 5.91 Å². The summed E-state index contributed by atoms with van der Waals surface area (Å²) in [6.07, 6.45) is 5.61. The van der Waals surface area contributed by atoms with Crippen LogP contribution < -0.4 is 10.6 Å². The van der Waals surface area contributed by atoms with E-state index in [-0.39, 0.29) is 11.9 Å². The summed E-state index contributed by atoms with van der Waals surface area (Å²) >= 11 is 0. The van der Waals surface area contributed by atoms with Gasteiger partial charge >= 0.3 is 0 Å². The van der Waals surface area contributed by atoms with E-state index in [1.807, 2.05) is 12.1 Å². The minimum atomic E-state index is -0.0354. The predicted octanol–water partition coefficient (Wildman–Crippen LogP) is 3.67. The lowest BCUT2D eigenvalue weighted by atomic mass is 9.98. The van der Waals surface area contributed by atoms with Crippen LogP contribution in [0.3, 0.4) is 0 Å². The van der Waals surface area contributed by atoms with Crippen LogP contribution >= 0.6 is 0 Å². The van der Waals surface area contributed by atoms with Crippen LogP contribution in [0.15, 0.2) is 24.3 Å². The molecule has 0 aromatic heterocycles. The molecule has 1 amide bonds. The predicted molar refractivity (Wildman–Crippen MR) is 84.0 cm³/mol. The van der Waals surface area contributed by atoms with Gasteiger partial charge in [-0.25, -0.2) is 0 Å². The third-order valence-electron chi connectivity index (χ3n) is 4.24. The highest BCUT2D eigenvalue weighted by atomic mass is 16.2. The van der Waals surface area contributed by atoms with Gasteiger partial charge in [0.05, 0.1) is 6.04 Å². The molecule has 1 aromatic rings. The van der Waals surface area contributed by atoms with Crippen molar-refractivity contribution in [1.29, 1.82) is 0 Å². The van der Waals surface area contributed by atoms with Gasteiger partial charge in [-0.2, -0.15) is 0 Å². The van der Waals surface area contributed by atoms with Gasteiger partial charge in [-0.3, -0.25) is 4.79 Å². The van der Waals surface area contributed by atoms with Crippen LogP contribution in [0.1, 0.15) is 57.4 Å². The van der Waals surface area contributed by atoms with E-state index in [1.54, 1.807) is 0 Å². The summed E-state index contributed by atoms with van der Waals surface area (Å²) in [5.41, 5.74) is 2.23. The number of rotatable bonds is 4. The first-order valence-corrected chi connectivity index (χ1v) is 7.85. The van der Waals surface area contributed by atoms with Gasteiger partial charge in [-0.15, -0.1) is 0 Å². The molecule has 3 heteroatoms. The molecule has 0 bridgehead atoms. The van der Waals surface area contributed by atoms with Crippen LogP contribution in [0.4, 0.5) is 5.69 Å². The Hall–Kier alpha value is -1.35. The van der Waals surface area contributed by atoms with Crippen molar-refractivity contribution in [2.75, 3.05) is 11.9 Å². The van der Waals surface area contributed by atoms with Crippen molar-refractivity contribution in [1.82, 2.24) is 5.32 Å². The molecule has 2 unspecified atom stereocenters. The second-order valence-electron chi connectivity index (χ2n) is 5.78. The van der Waals surface area contributed by atoms with Crippen molar-refractivity contribution in [3.63, 3.8) is 0 Å². The molecule has 0 radical (unpaired) electrons. The third-order valence-corrected chi connectivity index (χ3v) is 4.24. The highest BCUT2D eigenvalue weighted by Gasteiger charge is 2.19. The lowest BCUT2D eigenvalue weighted by Gasteiger charge is -2.16. The van der Waals surface area contributed by atoms with Gasteiger partial charge in [0.15, 0.2) is 0 Å². The van der Waals surface area contributed by atoms with Crippen molar-refractivity contribution >= 4 is 11.6 Å². The second kappa shape index (κ2) is 7.44. The molecule has 0 aliphatic carbocycles. The molecule has 2 atom stereocenters. The number of nitrogens with one attached hydrogen (secondary N) is 2. The molecule has 0 saturated carbocycles. The number of hydrogen-bond acceptors (Lipinski definition) is 2. The smallest absolute Gasteiger partial charge is 0.241 e.